The minimum absolute atomic E-state index is 0.115. The van der Waals surface area contributed by atoms with Crippen LogP contribution in [0.15, 0.2) is 0 Å². The van der Waals surface area contributed by atoms with Crippen LogP contribution in [0.25, 0.3) is 0 Å². The molecule has 0 aromatic heterocycles. The third-order valence-electron chi connectivity index (χ3n) is 1.67. The van der Waals surface area contributed by atoms with E-state index in [9.17, 15) is 14.7 Å². The van der Waals surface area contributed by atoms with Gasteiger partial charge in [0.1, 0.15) is 5.78 Å². The molecule has 0 fully saturated rings. The summed E-state index contributed by atoms with van der Waals surface area (Å²) >= 11 is 0. The predicted molar refractivity (Wildman–Crippen MR) is 50.8 cm³/mol. The molecule has 14 heavy (non-hydrogen) atoms. The third-order valence-corrected chi connectivity index (χ3v) is 1.67. The van der Waals surface area contributed by atoms with Crippen LogP contribution in [0.5, 0.6) is 0 Å². The normalized spacial score (nSPS) is 12.3. The number of methoxy groups -OCH3 is 1. The first-order valence-electron chi connectivity index (χ1n) is 4.37. The summed E-state index contributed by atoms with van der Waals surface area (Å²) in [7, 11) is 3.02. The SMILES string of the molecule is COCC(O)CN(C)C(=O)CC(C)=O. The van der Waals surface area contributed by atoms with E-state index in [4.69, 9.17) is 4.74 Å². The maximum atomic E-state index is 11.2. The highest BCUT2D eigenvalue weighted by atomic mass is 16.5. The summed E-state index contributed by atoms with van der Waals surface area (Å²) in [4.78, 5) is 23.2. The fourth-order valence-corrected chi connectivity index (χ4v) is 1.01. The Morgan fingerprint density at radius 2 is 2.07 bits per heavy atom. The number of ketones is 1. The fourth-order valence-electron chi connectivity index (χ4n) is 1.01. The first-order valence-corrected chi connectivity index (χ1v) is 4.37. The Hall–Kier alpha value is -0.940. The molecule has 0 saturated carbocycles. The van der Waals surface area contributed by atoms with Gasteiger partial charge in [-0.15, -0.1) is 0 Å². The smallest absolute Gasteiger partial charge is 0.229 e. The molecule has 0 aliphatic carbocycles. The highest BCUT2D eigenvalue weighted by molar-refractivity contribution is 5.96. The van der Waals surface area contributed by atoms with Crippen LogP contribution < -0.4 is 0 Å². The second-order valence-corrected chi connectivity index (χ2v) is 3.26. The monoisotopic (exact) mass is 203 g/mol. The summed E-state index contributed by atoms with van der Waals surface area (Å²) in [5, 5.41) is 9.30. The van der Waals surface area contributed by atoms with Crippen molar-refractivity contribution in [2.24, 2.45) is 0 Å². The average molecular weight is 203 g/mol. The number of aliphatic hydroxyl groups is 1. The Morgan fingerprint density at radius 1 is 1.50 bits per heavy atom. The third kappa shape index (κ3) is 5.66. The second-order valence-electron chi connectivity index (χ2n) is 3.26. The standard InChI is InChI=1S/C9H17NO4/c1-7(11)4-9(13)10(2)5-8(12)6-14-3/h8,12H,4-6H2,1-3H3. The molecule has 82 valence electrons. The summed E-state index contributed by atoms with van der Waals surface area (Å²) < 4.78 is 4.71. The van der Waals surface area contributed by atoms with E-state index in [1.165, 1.54) is 18.9 Å². The minimum atomic E-state index is -0.707. The maximum Gasteiger partial charge on any atom is 0.229 e. The van der Waals surface area contributed by atoms with Crippen LogP contribution in [0.4, 0.5) is 0 Å². The number of rotatable bonds is 6. The lowest BCUT2D eigenvalue weighted by molar-refractivity contribution is -0.135. The van der Waals surface area contributed by atoms with E-state index in [0.717, 1.165) is 0 Å². The largest absolute Gasteiger partial charge is 0.389 e. The van der Waals surface area contributed by atoms with Crippen molar-refractivity contribution in [3.8, 4) is 0 Å². The molecule has 0 heterocycles. The Bertz CT molecular complexity index is 205. The molecule has 5 heteroatoms. The number of nitrogens with zero attached hydrogens (tertiary/aromatic N) is 1. The molecule has 0 aliphatic rings. The van der Waals surface area contributed by atoms with Gasteiger partial charge in [0.05, 0.1) is 19.1 Å². The molecule has 5 nitrogen and oxygen atoms in total. The van der Waals surface area contributed by atoms with Crippen molar-refractivity contribution in [2.45, 2.75) is 19.4 Å². The maximum absolute atomic E-state index is 11.2. The lowest BCUT2D eigenvalue weighted by Gasteiger charge is -2.19. The molecule has 0 saturated heterocycles. The number of likely N-dealkylation sites (N-methyl/N-ethyl adjacent to an activating group) is 1. The van der Waals surface area contributed by atoms with Crippen LogP contribution >= 0.6 is 0 Å². The van der Waals surface area contributed by atoms with Gasteiger partial charge in [-0.05, 0) is 6.92 Å². The van der Waals surface area contributed by atoms with Crippen LogP contribution in [-0.4, -0.2) is 55.1 Å². The summed E-state index contributed by atoms with van der Waals surface area (Å²) in [6.45, 7) is 1.72. The zero-order chi connectivity index (χ0) is 11.1. The summed E-state index contributed by atoms with van der Waals surface area (Å²) in [6, 6.07) is 0. The van der Waals surface area contributed by atoms with Gasteiger partial charge in [0.2, 0.25) is 5.91 Å². The van der Waals surface area contributed by atoms with E-state index in [0.29, 0.717) is 0 Å². The Labute approximate surface area is 83.6 Å². The number of carbonyl (C=O) groups excluding carboxylic acids is 2. The van der Waals surface area contributed by atoms with Gasteiger partial charge in [-0.2, -0.15) is 0 Å². The predicted octanol–water partition coefficient (Wildman–Crippen LogP) is -0.569. The molecule has 1 atom stereocenters. The van der Waals surface area contributed by atoms with E-state index in [2.05, 4.69) is 0 Å². The van der Waals surface area contributed by atoms with Crippen LogP contribution in [0.3, 0.4) is 0 Å². The molecule has 1 unspecified atom stereocenters. The highest BCUT2D eigenvalue weighted by Gasteiger charge is 2.14. The molecule has 0 aromatic rings. The highest BCUT2D eigenvalue weighted by Crippen LogP contribution is 1.95. The number of hydrogen-bond donors (Lipinski definition) is 1. The number of hydrogen-bond acceptors (Lipinski definition) is 4. The second kappa shape index (κ2) is 6.50. The molecule has 0 rings (SSSR count). The molecule has 0 aromatic carbocycles. The van der Waals surface area contributed by atoms with Crippen molar-refractivity contribution in [1.82, 2.24) is 4.90 Å². The van der Waals surface area contributed by atoms with Gasteiger partial charge in [0.25, 0.3) is 0 Å². The van der Waals surface area contributed by atoms with E-state index >= 15 is 0 Å². The van der Waals surface area contributed by atoms with E-state index in [1.807, 2.05) is 0 Å². The van der Waals surface area contributed by atoms with Crippen molar-refractivity contribution < 1.29 is 19.4 Å². The summed E-state index contributed by atoms with van der Waals surface area (Å²) in [6.07, 6.45) is -0.822. The topological polar surface area (TPSA) is 66.8 Å². The van der Waals surface area contributed by atoms with Crippen molar-refractivity contribution in [2.75, 3.05) is 27.3 Å². The van der Waals surface area contributed by atoms with Gasteiger partial charge in [0, 0.05) is 20.7 Å². The zero-order valence-electron chi connectivity index (χ0n) is 8.82. The van der Waals surface area contributed by atoms with Crippen molar-refractivity contribution in [3.63, 3.8) is 0 Å². The Kier molecular flexibility index (Phi) is 6.07. The zero-order valence-corrected chi connectivity index (χ0v) is 8.82. The van der Waals surface area contributed by atoms with Gasteiger partial charge in [-0.25, -0.2) is 0 Å². The first kappa shape index (κ1) is 13.1. The van der Waals surface area contributed by atoms with Gasteiger partial charge in [0.15, 0.2) is 0 Å². The van der Waals surface area contributed by atoms with Gasteiger partial charge >= 0.3 is 0 Å². The fraction of sp³-hybridized carbons (Fsp3) is 0.778. The number of aliphatic hydroxyl groups excluding tert-OH is 1. The van der Waals surface area contributed by atoms with E-state index in [-0.39, 0.29) is 31.3 Å². The van der Waals surface area contributed by atoms with E-state index < -0.39 is 6.10 Å². The van der Waals surface area contributed by atoms with Crippen LogP contribution in [0, 0.1) is 0 Å². The van der Waals surface area contributed by atoms with Crippen molar-refractivity contribution >= 4 is 11.7 Å². The van der Waals surface area contributed by atoms with Crippen molar-refractivity contribution in [1.29, 1.82) is 0 Å². The summed E-state index contributed by atoms with van der Waals surface area (Å²) in [5.74, 6) is -0.462. The molecular formula is C9H17NO4. The molecule has 1 amide bonds. The lowest BCUT2D eigenvalue weighted by Crippen LogP contribution is -2.36. The van der Waals surface area contributed by atoms with Gasteiger partial charge in [-0.3, -0.25) is 9.59 Å². The van der Waals surface area contributed by atoms with Gasteiger partial charge in [-0.1, -0.05) is 0 Å². The number of Topliss-reactive ketones (excluding diaryl/α,β-unsaturated/α-hetero) is 1. The van der Waals surface area contributed by atoms with Crippen molar-refractivity contribution in [3.05, 3.63) is 0 Å². The molecule has 0 aliphatic heterocycles. The number of amides is 1. The molecular weight excluding hydrogens is 186 g/mol. The molecule has 0 spiro atoms. The quantitative estimate of drug-likeness (QED) is 0.587. The first-order chi connectivity index (χ1) is 6.47. The van der Waals surface area contributed by atoms with E-state index in [1.54, 1.807) is 7.05 Å². The number of carbonyl (C=O) groups is 2. The Balaban J connectivity index is 3.88. The van der Waals surface area contributed by atoms with Gasteiger partial charge < -0.3 is 14.7 Å². The molecule has 0 radical (unpaired) electrons. The van der Waals surface area contributed by atoms with Crippen LogP contribution in [0.1, 0.15) is 13.3 Å². The Morgan fingerprint density at radius 3 is 2.50 bits per heavy atom. The van der Waals surface area contributed by atoms with Crippen LogP contribution in [-0.2, 0) is 14.3 Å². The average Bonchev–Trinajstić information content (AvgIpc) is 2.02. The molecule has 1 N–H and O–H groups in total. The molecule has 0 bridgehead atoms. The number of ether oxygens (including phenoxy) is 1. The van der Waals surface area contributed by atoms with Crippen LogP contribution in [0.2, 0.25) is 0 Å². The summed E-state index contributed by atoms with van der Waals surface area (Å²) in [5.41, 5.74) is 0. The lowest BCUT2D eigenvalue weighted by atomic mass is 10.2. The minimum Gasteiger partial charge on any atom is -0.389 e.